The fourth-order valence-corrected chi connectivity index (χ4v) is 4.94. The Morgan fingerprint density at radius 3 is 1.94 bits per heavy atom. The molecule has 0 saturated heterocycles. The van der Waals surface area contributed by atoms with Gasteiger partial charge < -0.3 is 58.7 Å². The van der Waals surface area contributed by atoms with Crippen LogP contribution in [0.2, 0.25) is 0 Å². The summed E-state index contributed by atoms with van der Waals surface area (Å²) in [7, 11) is 0. The van der Waals surface area contributed by atoms with Crippen LogP contribution in [0.15, 0.2) is 42.5 Å². The predicted molar refractivity (Wildman–Crippen MR) is 189 cm³/mol. The molecule has 53 heavy (non-hydrogen) atoms. The molecule has 7 amide bonds. The van der Waals surface area contributed by atoms with Crippen molar-refractivity contribution in [3.8, 4) is 0 Å². The van der Waals surface area contributed by atoms with E-state index in [0.717, 1.165) is 10.8 Å². The number of nitrogens with one attached hydrogen (secondary N) is 6. The Balaban J connectivity index is 2.22. The van der Waals surface area contributed by atoms with Gasteiger partial charge in [0.25, 0.3) is 0 Å². The number of hydrogen-bond acceptors (Lipinski definition) is 11. The van der Waals surface area contributed by atoms with E-state index in [-0.39, 0.29) is 19.6 Å². The number of fused-ring (bicyclic) bond motifs is 1. The van der Waals surface area contributed by atoms with Gasteiger partial charge in [-0.15, -0.1) is 0 Å². The summed E-state index contributed by atoms with van der Waals surface area (Å²) in [5.41, 5.74) is 11.4. The van der Waals surface area contributed by atoms with Crippen LogP contribution in [0, 0.1) is 5.92 Å². The van der Waals surface area contributed by atoms with Crippen molar-refractivity contribution in [3.63, 3.8) is 0 Å². The van der Waals surface area contributed by atoms with Crippen molar-refractivity contribution in [2.24, 2.45) is 17.4 Å². The van der Waals surface area contributed by atoms with Gasteiger partial charge in [-0.25, -0.2) is 0 Å². The number of hydrogen-bond donors (Lipinski definition) is 11. The first-order valence-electron chi connectivity index (χ1n) is 16.8. The lowest BCUT2D eigenvalue weighted by atomic mass is 10.00. The molecule has 0 aliphatic carbocycles. The van der Waals surface area contributed by atoms with E-state index in [2.05, 4.69) is 31.9 Å². The van der Waals surface area contributed by atoms with Crippen molar-refractivity contribution in [3.05, 3.63) is 48.0 Å². The number of carbonyl (C=O) groups excluding carboxylic acids is 7. The highest BCUT2D eigenvalue weighted by Gasteiger charge is 2.33. The molecule has 0 aromatic heterocycles. The second-order valence-corrected chi connectivity index (χ2v) is 12.5. The lowest BCUT2D eigenvalue weighted by Crippen LogP contribution is -2.60. The molecule has 0 bridgehead atoms. The summed E-state index contributed by atoms with van der Waals surface area (Å²) in [5.74, 6) is -8.28. The van der Waals surface area contributed by atoms with E-state index in [9.17, 15) is 43.5 Å². The number of rotatable bonds is 22. The van der Waals surface area contributed by atoms with Crippen LogP contribution in [0.3, 0.4) is 0 Å². The van der Waals surface area contributed by atoms with Crippen LogP contribution in [-0.2, 0) is 44.8 Å². The van der Waals surface area contributed by atoms with Gasteiger partial charge in [0.2, 0.25) is 41.4 Å². The zero-order valence-electron chi connectivity index (χ0n) is 29.4. The maximum absolute atomic E-state index is 13.6. The Kier molecular flexibility index (Phi) is 17.8. The summed E-state index contributed by atoms with van der Waals surface area (Å²) >= 11 is 0. The van der Waals surface area contributed by atoms with Gasteiger partial charge >= 0.3 is 5.97 Å². The van der Waals surface area contributed by atoms with Crippen molar-refractivity contribution < 1.29 is 53.7 Å². The Morgan fingerprint density at radius 2 is 1.34 bits per heavy atom. The van der Waals surface area contributed by atoms with Crippen molar-refractivity contribution in [1.82, 2.24) is 31.9 Å². The Bertz CT molecular complexity index is 1640. The van der Waals surface area contributed by atoms with Crippen molar-refractivity contribution in [2.45, 2.75) is 69.7 Å². The molecule has 0 aliphatic heterocycles. The minimum Gasteiger partial charge on any atom is -0.480 e. The minimum atomic E-state index is -1.72. The van der Waals surface area contributed by atoms with Crippen LogP contribution in [-0.4, -0.2) is 119 Å². The standard InChI is InChI=1S/C34H48N8O11/c1-18(2)29(33(51)38-16-28(47)37-10-5-11-43)42-32(50)25(17-44)41-31(49)24(15-26(36)45)40-30(48)23(39-27(46)14-22(35)34(52)53)13-19-8-9-20-6-3-4-7-21(20)12-19/h3-4,6-9,12,18,22-25,29,43-44H,5,10-11,13-17,35H2,1-2H3,(H2,36,45)(H,37,47)(H,38,51)(H,39,46)(H,40,48)(H,41,49)(H,42,50)(H,52,53)/t22-,23-,24-,25-,29-/m0/s1. The molecule has 19 nitrogen and oxygen atoms in total. The number of aliphatic carboxylic acids is 1. The molecular formula is C34H48N8O11. The average molecular weight is 745 g/mol. The molecule has 0 heterocycles. The van der Waals surface area contributed by atoms with E-state index in [4.69, 9.17) is 21.7 Å². The summed E-state index contributed by atoms with van der Waals surface area (Å²) in [6.07, 6.45) is -1.27. The zero-order valence-corrected chi connectivity index (χ0v) is 29.4. The number of carboxylic acids is 1. The van der Waals surface area contributed by atoms with Crippen LogP contribution in [0.4, 0.5) is 0 Å². The smallest absolute Gasteiger partial charge is 0.321 e. The van der Waals surface area contributed by atoms with E-state index in [0.29, 0.717) is 12.0 Å². The number of aliphatic hydroxyl groups is 2. The Labute approximate surface area is 305 Å². The fraction of sp³-hybridized carbons (Fsp3) is 0.471. The molecule has 19 heteroatoms. The molecule has 0 fully saturated rings. The highest BCUT2D eigenvalue weighted by molar-refractivity contribution is 5.98. The van der Waals surface area contributed by atoms with E-state index in [1.807, 2.05) is 18.2 Å². The van der Waals surface area contributed by atoms with Crippen LogP contribution in [0.5, 0.6) is 0 Å². The third-order valence-corrected chi connectivity index (χ3v) is 7.81. The molecule has 0 saturated carbocycles. The molecule has 0 unspecified atom stereocenters. The molecule has 290 valence electrons. The maximum atomic E-state index is 13.6. The van der Waals surface area contributed by atoms with Gasteiger partial charge in [0.1, 0.15) is 30.2 Å². The maximum Gasteiger partial charge on any atom is 0.321 e. The van der Waals surface area contributed by atoms with Gasteiger partial charge in [0.15, 0.2) is 0 Å². The number of carbonyl (C=O) groups is 8. The SMILES string of the molecule is CC(C)[C@H](NC(=O)[C@H](CO)NC(=O)[C@H](CC(N)=O)NC(=O)[C@H](Cc1ccc2ccccc2c1)NC(=O)C[C@H](N)C(=O)O)C(=O)NCC(=O)NCCCO. The largest absolute Gasteiger partial charge is 0.480 e. The normalized spacial score (nSPS) is 13.8. The topological polar surface area (TPSA) is 321 Å². The predicted octanol–water partition coefficient (Wildman–Crippen LogP) is -3.74. The summed E-state index contributed by atoms with van der Waals surface area (Å²) < 4.78 is 0. The number of benzene rings is 2. The second-order valence-electron chi connectivity index (χ2n) is 12.5. The molecule has 13 N–H and O–H groups in total. The molecule has 5 atom stereocenters. The van der Waals surface area contributed by atoms with Gasteiger partial charge in [-0.2, -0.15) is 0 Å². The molecule has 0 radical (unpaired) electrons. The Morgan fingerprint density at radius 1 is 0.717 bits per heavy atom. The highest BCUT2D eigenvalue weighted by Crippen LogP contribution is 2.17. The van der Waals surface area contributed by atoms with Gasteiger partial charge in [0.05, 0.1) is 26.0 Å². The van der Waals surface area contributed by atoms with E-state index < -0.39 is 109 Å². The summed E-state index contributed by atoms with van der Waals surface area (Å²) in [4.78, 5) is 101. The van der Waals surface area contributed by atoms with Gasteiger partial charge in [-0.1, -0.05) is 56.3 Å². The van der Waals surface area contributed by atoms with Crippen molar-refractivity contribution in [2.75, 3.05) is 26.3 Å². The van der Waals surface area contributed by atoms with Crippen LogP contribution in [0.25, 0.3) is 10.8 Å². The number of primary amides is 1. The number of nitrogens with two attached hydrogens (primary N) is 2. The molecular weight excluding hydrogens is 696 g/mol. The fourth-order valence-electron chi connectivity index (χ4n) is 4.94. The summed E-state index contributed by atoms with van der Waals surface area (Å²) in [5, 5.41) is 43.9. The van der Waals surface area contributed by atoms with Crippen molar-refractivity contribution in [1.29, 1.82) is 0 Å². The van der Waals surface area contributed by atoms with E-state index in [1.165, 1.54) is 0 Å². The number of aliphatic hydroxyl groups excluding tert-OH is 2. The quantitative estimate of drug-likeness (QED) is 0.0519. The van der Waals surface area contributed by atoms with E-state index in [1.54, 1.807) is 38.1 Å². The first-order valence-corrected chi connectivity index (χ1v) is 16.8. The van der Waals surface area contributed by atoms with Crippen LogP contribution < -0.4 is 43.4 Å². The summed E-state index contributed by atoms with van der Waals surface area (Å²) in [6.45, 7) is 1.85. The molecule has 0 aliphatic rings. The first kappa shape index (κ1) is 43.5. The first-order chi connectivity index (χ1) is 25.1. The highest BCUT2D eigenvalue weighted by atomic mass is 16.4. The molecule has 2 aromatic carbocycles. The molecule has 2 aromatic rings. The average Bonchev–Trinajstić information content (AvgIpc) is 3.10. The summed E-state index contributed by atoms with van der Waals surface area (Å²) in [6, 6.07) is 5.00. The number of carboxylic acid groups (broad SMARTS) is 1. The van der Waals surface area contributed by atoms with Gasteiger partial charge in [0, 0.05) is 19.6 Å². The zero-order chi connectivity index (χ0) is 39.7. The third kappa shape index (κ3) is 14.8. The third-order valence-electron chi connectivity index (χ3n) is 7.81. The lowest BCUT2D eigenvalue weighted by Gasteiger charge is -2.26. The molecule has 0 spiro atoms. The monoisotopic (exact) mass is 744 g/mol. The Hall–Kier alpha value is -5.66. The second kappa shape index (κ2) is 21.6. The van der Waals surface area contributed by atoms with Crippen LogP contribution in [0.1, 0.15) is 38.7 Å². The minimum absolute atomic E-state index is 0.136. The molecule has 2 rings (SSSR count). The van der Waals surface area contributed by atoms with Gasteiger partial charge in [-0.05, 0) is 28.7 Å². The lowest BCUT2D eigenvalue weighted by molar-refractivity contribution is -0.140. The van der Waals surface area contributed by atoms with E-state index >= 15 is 0 Å². The number of amides is 7. The van der Waals surface area contributed by atoms with Crippen LogP contribution >= 0.6 is 0 Å². The van der Waals surface area contributed by atoms with Crippen molar-refractivity contribution >= 4 is 58.1 Å². The van der Waals surface area contributed by atoms with Gasteiger partial charge in [-0.3, -0.25) is 38.4 Å².